The monoisotopic (exact) mass is 496 g/mol. The molecule has 2 fully saturated rings. The summed E-state index contributed by atoms with van der Waals surface area (Å²) >= 11 is 0. The van der Waals surface area contributed by atoms with Crippen molar-refractivity contribution in [2.24, 2.45) is 11.8 Å². The Labute approximate surface area is 216 Å². The van der Waals surface area contributed by atoms with Gasteiger partial charge < -0.3 is 15.0 Å². The lowest BCUT2D eigenvalue weighted by Crippen LogP contribution is -2.55. The molecular formula is C30H44N2O4. The standard InChI is InChI=1S/C30H44N2O4/c1-20-17-25(26(33)18-23-15-10-14-21-11-8-9-16-24(21)23)32(19-20)28(34)27(22-12-6-5-7-13-22)31-29(35)36-30(2,3)4/h8-9,11,16,20,22-23,25,27H,5-7,10,12-15,17-19H2,1-4H3,(H,31,35)/t20-,23-,25-,27-/m0/s1. The molecule has 198 valence electrons. The summed E-state index contributed by atoms with van der Waals surface area (Å²) in [6.45, 7) is 8.15. The van der Waals surface area contributed by atoms with Crippen molar-refractivity contribution >= 4 is 17.8 Å². The van der Waals surface area contributed by atoms with Crippen LogP contribution in [0.4, 0.5) is 4.79 Å². The molecule has 0 radical (unpaired) electrons. The van der Waals surface area contributed by atoms with Gasteiger partial charge in [0, 0.05) is 13.0 Å². The molecule has 1 aliphatic heterocycles. The number of carbonyl (C=O) groups is 3. The molecule has 1 heterocycles. The van der Waals surface area contributed by atoms with Gasteiger partial charge in [0.2, 0.25) is 5.91 Å². The maximum Gasteiger partial charge on any atom is 0.408 e. The van der Waals surface area contributed by atoms with Crippen LogP contribution in [0.5, 0.6) is 0 Å². The summed E-state index contributed by atoms with van der Waals surface area (Å²) < 4.78 is 5.51. The fourth-order valence-electron chi connectivity index (χ4n) is 6.50. The van der Waals surface area contributed by atoms with Crippen molar-refractivity contribution in [1.82, 2.24) is 10.2 Å². The highest BCUT2D eigenvalue weighted by molar-refractivity contribution is 5.93. The Hall–Kier alpha value is -2.37. The van der Waals surface area contributed by atoms with E-state index in [0.717, 1.165) is 51.4 Å². The van der Waals surface area contributed by atoms with Crippen molar-refractivity contribution in [1.29, 1.82) is 0 Å². The topological polar surface area (TPSA) is 75.7 Å². The molecule has 6 nitrogen and oxygen atoms in total. The SMILES string of the molecule is C[C@H]1C[C@@H](C(=O)C[C@@H]2CCCc3ccccc32)N(C(=O)[C@@H](NC(=O)OC(C)(C)C)C2CCCCC2)C1. The third-order valence-electron chi connectivity index (χ3n) is 8.17. The Kier molecular flexibility index (Phi) is 8.41. The minimum Gasteiger partial charge on any atom is -0.444 e. The van der Waals surface area contributed by atoms with E-state index in [1.54, 1.807) is 4.90 Å². The molecule has 0 aromatic heterocycles. The Morgan fingerprint density at radius 1 is 1.06 bits per heavy atom. The van der Waals surface area contributed by atoms with Crippen molar-refractivity contribution in [2.75, 3.05) is 6.54 Å². The number of rotatable bonds is 6. The number of aryl methyl sites for hydroxylation is 1. The van der Waals surface area contributed by atoms with Gasteiger partial charge in [-0.1, -0.05) is 50.5 Å². The fourth-order valence-corrected chi connectivity index (χ4v) is 6.50. The number of ketones is 1. The predicted octanol–water partition coefficient (Wildman–Crippen LogP) is 5.78. The molecule has 1 N–H and O–H groups in total. The van der Waals surface area contributed by atoms with Gasteiger partial charge in [-0.25, -0.2) is 4.79 Å². The molecule has 1 saturated carbocycles. The fraction of sp³-hybridized carbons (Fsp3) is 0.700. The number of ether oxygens (including phenoxy) is 1. The Balaban J connectivity index is 1.50. The van der Waals surface area contributed by atoms with Crippen LogP contribution in [0.3, 0.4) is 0 Å². The second-order valence-corrected chi connectivity index (χ2v) is 12.3. The maximum atomic E-state index is 14.0. The summed E-state index contributed by atoms with van der Waals surface area (Å²) in [5, 5.41) is 2.92. The zero-order valence-electron chi connectivity index (χ0n) is 22.6. The van der Waals surface area contributed by atoms with Crippen LogP contribution in [0, 0.1) is 11.8 Å². The van der Waals surface area contributed by atoms with Crippen molar-refractivity contribution < 1.29 is 19.1 Å². The number of carbonyl (C=O) groups excluding carboxylic acids is 3. The van der Waals surface area contributed by atoms with Gasteiger partial charge in [0.1, 0.15) is 11.6 Å². The summed E-state index contributed by atoms with van der Waals surface area (Å²) in [4.78, 5) is 42.2. The van der Waals surface area contributed by atoms with Gasteiger partial charge in [0.05, 0.1) is 6.04 Å². The van der Waals surface area contributed by atoms with Gasteiger partial charge >= 0.3 is 6.09 Å². The molecule has 0 unspecified atom stereocenters. The van der Waals surface area contributed by atoms with E-state index in [2.05, 4.69) is 36.5 Å². The lowest BCUT2D eigenvalue weighted by molar-refractivity contribution is -0.140. The highest BCUT2D eigenvalue weighted by Crippen LogP contribution is 2.36. The van der Waals surface area contributed by atoms with E-state index in [1.807, 2.05) is 20.8 Å². The molecule has 4 rings (SSSR count). The first kappa shape index (κ1) is 26.7. The summed E-state index contributed by atoms with van der Waals surface area (Å²) in [5.74, 6) is 0.614. The van der Waals surface area contributed by atoms with Gasteiger partial charge in [0.25, 0.3) is 0 Å². The number of amides is 2. The van der Waals surface area contributed by atoms with Gasteiger partial charge in [-0.3, -0.25) is 9.59 Å². The van der Waals surface area contributed by atoms with Crippen molar-refractivity contribution in [3.8, 4) is 0 Å². The number of Topliss-reactive ketones (excluding diaryl/α,β-unsaturated/α-hetero) is 1. The number of hydrogen-bond acceptors (Lipinski definition) is 4. The van der Waals surface area contributed by atoms with Gasteiger partial charge in [-0.05, 0) is 88.2 Å². The minimum absolute atomic E-state index is 0.0793. The van der Waals surface area contributed by atoms with E-state index in [-0.39, 0.29) is 29.4 Å². The van der Waals surface area contributed by atoms with Crippen molar-refractivity contribution in [2.45, 2.75) is 116 Å². The summed E-state index contributed by atoms with van der Waals surface area (Å²) in [7, 11) is 0. The van der Waals surface area contributed by atoms with Crippen LogP contribution in [0.1, 0.15) is 103 Å². The number of nitrogens with one attached hydrogen (secondary N) is 1. The molecule has 1 aromatic carbocycles. The second kappa shape index (κ2) is 11.4. The average Bonchev–Trinajstić information content (AvgIpc) is 3.23. The number of hydrogen-bond donors (Lipinski definition) is 1. The molecule has 1 aromatic rings. The number of fused-ring (bicyclic) bond motifs is 1. The number of likely N-dealkylation sites (tertiary alicyclic amines) is 1. The van der Waals surface area contributed by atoms with E-state index < -0.39 is 23.8 Å². The molecule has 6 heteroatoms. The Morgan fingerprint density at radius 2 is 1.78 bits per heavy atom. The lowest BCUT2D eigenvalue weighted by Gasteiger charge is -2.35. The van der Waals surface area contributed by atoms with Crippen molar-refractivity contribution in [3.05, 3.63) is 35.4 Å². The van der Waals surface area contributed by atoms with Crippen LogP contribution in [-0.4, -0.2) is 46.9 Å². The lowest BCUT2D eigenvalue weighted by atomic mass is 9.79. The zero-order chi connectivity index (χ0) is 25.9. The quantitative estimate of drug-likeness (QED) is 0.542. The van der Waals surface area contributed by atoms with Gasteiger partial charge in [0.15, 0.2) is 5.78 Å². The second-order valence-electron chi connectivity index (χ2n) is 12.3. The summed E-state index contributed by atoms with van der Waals surface area (Å²) in [6, 6.07) is 7.43. The molecule has 36 heavy (non-hydrogen) atoms. The molecule has 1 saturated heterocycles. The largest absolute Gasteiger partial charge is 0.444 e. The molecule has 2 amide bonds. The number of nitrogens with zero attached hydrogens (tertiary/aromatic N) is 1. The first-order valence-electron chi connectivity index (χ1n) is 14.0. The first-order valence-corrected chi connectivity index (χ1v) is 14.0. The third kappa shape index (κ3) is 6.49. The van der Waals surface area contributed by atoms with Gasteiger partial charge in [-0.15, -0.1) is 0 Å². The molecule has 4 atom stereocenters. The molecule has 2 aliphatic carbocycles. The number of benzene rings is 1. The Bertz CT molecular complexity index is 947. The molecule has 0 bridgehead atoms. The molecular weight excluding hydrogens is 452 g/mol. The highest BCUT2D eigenvalue weighted by Gasteiger charge is 2.43. The summed E-state index contributed by atoms with van der Waals surface area (Å²) in [5.41, 5.74) is 2.02. The van der Waals surface area contributed by atoms with Gasteiger partial charge in [-0.2, -0.15) is 0 Å². The predicted molar refractivity (Wildman–Crippen MR) is 141 cm³/mol. The first-order chi connectivity index (χ1) is 17.1. The third-order valence-corrected chi connectivity index (χ3v) is 8.17. The van der Waals surface area contributed by atoms with Crippen LogP contribution >= 0.6 is 0 Å². The molecule has 0 spiro atoms. The van der Waals surface area contributed by atoms with E-state index in [4.69, 9.17) is 4.74 Å². The van der Waals surface area contributed by atoms with Crippen LogP contribution in [0.15, 0.2) is 24.3 Å². The normalized spacial score (nSPS) is 25.7. The van der Waals surface area contributed by atoms with Crippen LogP contribution in [-0.2, 0) is 20.7 Å². The zero-order valence-corrected chi connectivity index (χ0v) is 22.6. The average molecular weight is 497 g/mol. The number of alkyl carbamates (subject to hydrolysis) is 1. The highest BCUT2D eigenvalue weighted by atomic mass is 16.6. The van der Waals surface area contributed by atoms with Crippen molar-refractivity contribution in [3.63, 3.8) is 0 Å². The summed E-state index contributed by atoms with van der Waals surface area (Å²) in [6.07, 6.45) is 8.91. The smallest absolute Gasteiger partial charge is 0.408 e. The Morgan fingerprint density at radius 3 is 2.50 bits per heavy atom. The van der Waals surface area contributed by atoms with Crippen LogP contribution in [0.25, 0.3) is 0 Å². The maximum absolute atomic E-state index is 14.0. The minimum atomic E-state index is -0.642. The van der Waals surface area contributed by atoms with E-state index in [9.17, 15) is 14.4 Å². The van der Waals surface area contributed by atoms with Crippen LogP contribution < -0.4 is 5.32 Å². The van der Waals surface area contributed by atoms with E-state index in [0.29, 0.717) is 19.4 Å². The van der Waals surface area contributed by atoms with E-state index in [1.165, 1.54) is 11.1 Å². The van der Waals surface area contributed by atoms with Crippen LogP contribution in [0.2, 0.25) is 0 Å². The molecule has 3 aliphatic rings. The van der Waals surface area contributed by atoms with E-state index >= 15 is 0 Å².